The molecule has 0 unspecified atom stereocenters. The number of aromatic nitrogens is 1. The lowest BCUT2D eigenvalue weighted by Crippen LogP contribution is -2.19. The van der Waals surface area contributed by atoms with Crippen LogP contribution in [0.25, 0.3) is 11.1 Å². The Balaban J connectivity index is 1.54. The van der Waals surface area contributed by atoms with Gasteiger partial charge in [0.05, 0.1) is 12.1 Å². The zero-order valence-corrected chi connectivity index (χ0v) is 16.8. The number of carbonyl (C=O) groups is 1. The van der Waals surface area contributed by atoms with Crippen molar-refractivity contribution in [2.24, 2.45) is 0 Å². The van der Waals surface area contributed by atoms with Crippen molar-refractivity contribution in [3.05, 3.63) is 46.8 Å². The fourth-order valence-corrected chi connectivity index (χ4v) is 3.94. The molecule has 1 amide bonds. The summed E-state index contributed by atoms with van der Waals surface area (Å²) in [5.74, 6) is -0.164. The molecule has 0 spiro atoms. The Morgan fingerprint density at radius 2 is 1.96 bits per heavy atom. The number of hydrogen-bond donors (Lipinski definition) is 1. The maximum atomic E-state index is 12.9. The molecular weight excluding hydrogens is 410 g/mol. The van der Waals surface area contributed by atoms with E-state index in [1.165, 1.54) is 18.5 Å². The Morgan fingerprint density at radius 1 is 1.22 bits per heavy atom. The molecule has 1 fully saturated rings. The molecule has 2 aromatic heterocycles. The zero-order valence-electron chi connectivity index (χ0n) is 15.2. The second-order valence-corrected chi connectivity index (χ2v) is 7.45. The fraction of sp³-hybridized carbons (Fsp3) is 0.350. The average molecular weight is 432 g/mol. The van der Waals surface area contributed by atoms with Crippen LogP contribution < -0.4 is 10.2 Å². The number of nitrogens with one attached hydrogen (secondary N) is 1. The lowest BCUT2D eigenvalue weighted by atomic mass is 10.2. The Hall–Kier alpha value is -2.25. The molecular formula is C20H22BrN3O3. The normalized spacial score (nSPS) is 14.2. The van der Waals surface area contributed by atoms with E-state index in [9.17, 15) is 4.79 Å². The molecule has 3 aromatic rings. The third-order valence-corrected chi connectivity index (χ3v) is 5.30. The van der Waals surface area contributed by atoms with E-state index in [2.05, 4.69) is 38.3 Å². The first kappa shape index (κ1) is 18.1. The predicted molar refractivity (Wildman–Crippen MR) is 110 cm³/mol. The second-order valence-electron chi connectivity index (χ2n) is 6.67. The van der Waals surface area contributed by atoms with E-state index in [0.29, 0.717) is 29.1 Å². The van der Waals surface area contributed by atoms with Crippen LogP contribution in [-0.4, -0.2) is 37.3 Å². The monoisotopic (exact) mass is 431 g/mol. The summed E-state index contributed by atoms with van der Waals surface area (Å²) in [6.07, 6.45) is 2.49. The van der Waals surface area contributed by atoms with Crippen molar-refractivity contribution in [3.8, 4) is 0 Å². The minimum atomic E-state index is -0.164. The smallest absolute Gasteiger partial charge is 0.272 e. The molecule has 6 nitrogen and oxygen atoms in total. The van der Waals surface area contributed by atoms with E-state index in [4.69, 9.17) is 9.15 Å². The molecule has 1 aromatic carbocycles. The van der Waals surface area contributed by atoms with E-state index < -0.39 is 0 Å². The number of fused-ring (bicyclic) bond motifs is 1. The van der Waals surface area contributed by atoms with Crippen LogP contribution in [0, 0.1) is 0 Å². The number of benzene rings is 1. The molecule has 4 rings (SSSR count). The van der Waals surface area contributed by atoms with Gasteiger partial charge in [-0.3, -0.25) is 4.79 Å². The van der Waals surface area contributed by atoms with Gasteiger partial charge < -0.3 is 23.9 Å². The van der Waals surface area contributed by atoms with Crippen LogP contribution >= 0.6 is 15.9 Å². The first-order valence-electron chi connectivity index (χ1n) is 9.09. The maximum absolute atomic E-state index is 12.9. The topological polar surface area (TPSA) is 59.6 Å². The standard InChI is InChI=1S/C20H22BrN3O3/c1-26-11-10-24-16-13-19(21)27-18(16)12-17(24)20(25)22-14-4-6-15(7-5-14)23-8-2-3-9-23/h4-7,12-13H,2-3,8-11H2,1H3,(H,22,25). The molecule has 142 valence electrons. The number of halogens is 1. The second kappa shape index (κ2) is 7.78. The third-order valence-electron chi connectivity index (χ3n) is 4.91. The van der Waals surface area contributed by atoms with Crippen LogP contribution in [0.5, 0.6) is 0 Å². The van der Waals surface area contributed by atoms with Crippen molar-refractivity contribution in [1.82, 2.24) is 4.57 Å². The Labute approximate surface area is 166 Å². The van der Waals surface area contributed by atoms with Crippen molar-refractivity contribution in [3.63, 3.8) is 0 Å². The summed E-state index contributed by atoms with van der Waals surface area (Å²) in [5.41, 5.74) is 4.08. The minimum absolute atomic E-state index is 0.164. The maximum Gasteiger partial charge on any atom is 0.272 e. The van der Waals surface area contributed by atoms with Gasteiger partial charge in [0.2, 0.25) is 0 Å². The number of nitrogens with zero attached hydrogens (tertiary/aromatic N) is 2. The Bertz CT molecular complexity index is 939. The Kier molecular flexibility index (Phi) is 5.22. The van der Waals surface area contributed by atoms with Crippen molar-refractivity contribution in [2.75, 3.05) is 37.0 Å². The molecule has 0 saturated carbocycles. The van der Waals surface area contributed by atoms with Gasteiger partial charge >= 0.3 is 0 Å². The van der Waals surface area contributed by atoms with Gasteiger partial charge in [0, 0.05) is 50.3 Å². The number of rotatable bonds is 6. The Morgan fingerprint density at radius 3 is 2.67 bits per heavy atom. The first-order chi connectivity index (χ1) is 13.2. The minimum Gasteiger partial charge on any atom is -0.448 e. The lowest BCUT2D eigenvalue weighted by molar-refractivity contribution is 0.101. The molecule has 1 saturated heterocycles. The molecule has 0 radical (unpaired) electrons. The van der Waals surface area contributed by atoms with Crippen LogP contribution in [0.15, 0.2) is 45.5 Å². The molecule has 7 heteroatoms. The summed E-state index contributed by atoms with van der Waals surface area (Å²) >= 11 is 3.34. The van der Waals surface area contributed by atoms with Gasteiger partial charge in [-0.15, -0.1) is 0 Å². The molecule has 1 aliphatic rings. The van der Waals surface area contributed by atoms with Gasteiger partial charge in [-0.25, -0.2) is 0 Å². The average Bonchev–Trinajstić information content (AvgIpc) is 3.37. The largest absolute Gasteiger partial charge is 0.448 e. The van der Waals surface area contributed by atoms with Crippen LogP contribution in [0.3, 0.4) is 0 Å². The fourth-order valence-electron chi connectivity index (χ4n) is 3.55. The highest BCUT2D eigenvalue weighted by Gasteiger charge is 2.19. The SMILES string of the molecule is COCCn1c(C(=O)Nc2ccc(N3CCCC3)cc2)cc2oc(Br)cc21. The number of amides is 1. The van der Waals surface area contributed by atoms with Crippen LogP contribution in [-0.2, 0) is 11.3 Å². The lowest BCUT2D eigenvalue weighted by Gasteiger charge is -2.18. The zero-order chi connectivity index (χ0) is 18.8. The van der Waals surface area contributed by atoms with E-state index >= 15 is 0 Å². The molecule has 1 aliphatic heterocycles. The molecule has 0 bridgehead atoms. The molecule has 27 heavy (non-hydrogen) atoms. The van der Waals surface area contributed by atoms with E-state index in [0.717, 1.165) is 24.3 Å². The molecule has 0 aliphatic carbocycles. The van der Waals surface area contributed by atoms with Gasteiger partial charge in [0.1, 0.15) is 5.69 Å². The highest BCUT2D eigenvalue weighted by Crippen LogP contribution is 2.28. The third kappa shape index (κ3) is 3.75. The van der Waals surface area contributed by atoms with Gasteiger partial charge in [-0.2, -0.15) is 0 Å². The van der Waals surface area contributed by atoms with Crippen molar-refractivity contribution >= 4 is 44.3 Å². The van der Waals surface area contributed by atoms with Crippen LogP contribution in [0.1, 0.15) is 23.3 Å². The quantitative estimate of drug-likeness (QED) is 0.624. The molecule has 1 N–H and O–H groups in total. The number of anilines is 2. The van der Waals surface area contributed by atoms with Crippen molar-refractivity contribution in [1.29, 1.82) is 0 Å². The van der Waals surface area contributed by atoms with Crippen molar-refractivity contribution in [2.45, 2.75) is 19.4 Å². The van der Waals surface area contributed by atoms with Gasteiger partial charge in [0.25, 0.3) is 5.91 Å². The van der Waals surface area contributed by atoms with Crippen LogP contribution in [0.4, 0.5) is 11.4 Å². The first-order valence-corrected chi connectivity index (χ1v) is 9.89. The number of furan rings is 1. The summed E-state index contributed by atoms with van der Waals surface area (Å²) in [5, 5.41) is 2.99. The van der Waals surface area contributed by atoms with E-state index in [1.54, 1.807) is 13.2 Å². The van der Waals surface area contributed by atoms with Gasteiger partial charge in [-0.05, 0) is 53.0 Å². The summed E-state index contributed by atoms with van der Waals surface area (Å²) in [6, 6.07) is 11.7. The van der Waals surface area contributed by atoms with E-state index in [-0.39, 0.29) is 5.91 Å². The van der Waals surface area contributed by atoms with Gasteiger partial charge in [-0.1, -0.05) is 0 Å². The summed E-state index contributed by atoms with van der Waals surface area (Å²) < 4.78 is 13.4. The van der Waals surface area contributed by atoms with Gasteiger partial charge in [0.15, 0.2) is 10.3 Å². The van der Waals surface area contributed by atoms with Crippen molar-refractivity contribution < 1.29 is 13.9 Å². The van der Waals surface area contributed by atoms with Crippen LogP contribution in [0.2, 0.25) is 0 Å². The highest BCUT2D eigenvalue weighted by molar-refractivity contribution is 9.10. The number of methoxy groups -OCH3 is 1. The predicted octanol–water partition coefficient (Wildman–Crippen LogP) is 4.50. The van der Waals surface area contributed by atoms with E-state index in [1.807, 2.05) is 22.8 Å². The number of ether oxygens (including phenoxy) is 1. The summed E-state index contributed by atoms with van der Waals surface area (Å²) in [7, 11) is 1.65. The highest BCUT2D eigenvalue weighted by atomic mass is 79.9. The number of carbonyl (C=O) groups excluding carboxylic acids is 1. The summed E-state index contributed by atoms with van der Waals surface area (Å²) in [6.45, 7) is 3.29. The number of hydrogen-bond acceptors (Lipinski definition) is 4. The summed E-state index contributed by atoms with van der Waals surface area (Å²) in [4.78, 5) is 15.2. The molecule has 3 heterocycles. The molecule has 0 atom stereocenters.